The SMILES string of the molecule is CCCCOC(=O)c1cccc2c1-c1ccccc1C2=NN=Cc1ccc2c(c1)c1ccccc1n2CCCCCCCCCCn1c2ccccc2c2cc(C=NN=C3c4ccccc4-c4c(C(=O)OCCCC)cccc43)ccc21. The van der Waals surface area contributed by atoms with E-state index in [9.17, 15) is 9.59 Å². The normalized spacial score (nSPS) is 13.6. The van der Waals surface area contributed by atoms with E-state index >= 15 is 0 Å². The molecule has 2 aliphatic rings. The second kappa shape index (κ2) is 24.8. The maximum atomic E-state index is 13.2. The van der Waals surface area contributed by atoms with Crippen molar-refractivity contribution in [1.29, 1.82) is 0 Å². The lowest BCUT2D eigenvalue weighted by molar-refractivity contribution is 0.0491. The molecule has 0 fully saturated rings. The fourth-order valence-corrected chi connectivity index (χ4v) is 12.2. The van der Waals surface area contributed by atoms with E-state index in [2.05, 4.69) is 118 Å². The number of benzene rings is 8. The first-order valence-electron chi connectivity index (χ1n) is 29.5. The number of aryl methyl sites for hydroxylation is 2. The average molecular weight is 1080 g/mol. The van der Waals surface area contributed by atoms with Crippen molar-refractivity contribution in [2.75, 3.05) is 13.2 Å². The topological polar surface area (TPSA) is 112 Å². The van der Waals surface area contributed by atoms with Crippen LogP contribution in [-0.4, -0.2) is 58.1 Å². The Morgan fingerprint density at radius 1 is 0.390 bits per heavy atom. The molecule has 410 valence electrons. The lowest BCUT2D eigenvalue weighted by Crippen LogP contribution is -2.08. The molecule has 0 amide bonds. The summed E-state index contributed by atoms with van der Waals surface area (Å²) in [7, 11) is 0. The Labute approximate surface area is 479 Å². The lowest BCUT2D eigenvalue weighted by atomic mass is 9.99. The van der Waals surface area contributed by atoms with Crippen molar-refractivity contribution in [1.82, 2.24) is 9.13 Å². The number of unbranched alkanes of at least 4 members (excludes halogenated alkanes) is 9. The van der Waals surface area contributed by atoms with E-state index < -0.39 is 0 Å². The van der Waals surface area contributed by atoms with Crippen molar-refractivity contribution in [3.63, 3.8) is 0 Å². The summed E-state index contributed by atoms with van der Waals surface area (Å²) < 4.78 is 16.3. The van der Waals surface area contributed by atoms with E-state index in [4.69, 9.17) is 19.7 Å². The van der Waals surface area contributed by atoms with Gasteiger partial charge in [-0.3, -0.25) is 0 Å². The summed E-state index contributed by atoms with van der Waals surface area (Å²) in [5.74, 6) is -0.610. The van der Waals surface area contributed by atoms with Gasteiger partial charge in [-0.25, -0.2) is 9.59 Å². The van der Waals surface area contributed by atoms with Gasteiger partial charge in [-0.1, -0.05) is 187 Å². The van der Waals surface area contributed by atoms with Crippen LogP contribution in [0.25, 0.3) is 65.9 Å². The number of carbonyl (C=O) groups excluding carboxylic acids is 2. The maximum Gasteiger partial charge on any atom is 0.338 e. The molecular weight excluding hydrogens is 1010 g/mol. The minimum absolute atomic E-state index is 0.305. The fourth-order valence-electron chi connectivity index (χ4n) is 12.2. The van der Waals surface area contributed by atoms with Crippen LogP contribution in [0.5, 0.6) is 0 Å². The molecule has 0 atom stereocenters. The van der Waals surface area contributed by atoms with Crippen LogP contribution in [0.15, 0.2) is 190 Å². The van der Waals surface area contributed by atoms with Crippen LogP contribution < -0.4 is 0 Å². The molecule has 2 aromatic heterocycles. The number of rotatable bonds is 23. The van der Waals surface area contributed by atoms with Gasteiger partial charge in [-0.15, -0.1) is 10.2 Å². The third kappa shape index (κ3) is 10.7. The van der Waals surface area contributed by atoms with Crippen LogP contribution in [0, 0.1) is 0 Å². The predicted molar refractivity (Wildman–Crippen MR) is 336 cm³/mol. The van der Waals surface area contributed by atoms with Crippen molar-refractivity contribution in [2.24, 2.45) is 20.4 Å². The van der Waals surface area contributed by atoms with Gasteiger partial charge in [0.05, 0.1) is 36.8 Å². The highest BCUT2D eigenvalue weighted by Gasteiger charge is 2.31. The fraction of sp³-hybridized carbons (Fsp3) is 0.250. The van der Waals surface area contributed by atoms with Crippen LogP contribution in [0.3, 0.4) is 0 Å². The van der Waals surface area contributed by atoms with Gasteiger partial charge in [0, 0.05) is 90.1 Å². The summed E-state index contributed by atoms with van der Waals surface area (Å²) in [6, 6.07) is 58.3. The molecule has 0 bridgehead atoms. The summed E-state index contributed by atoms with van der Waals surface area (Å²) >= 11 is 0. The van der Waals surface area contributed by atoms with Crippen molar-refractivity contribution in [2.45, 2.75) is 104 Å². The summed E-state index contributed by atoms with van der Waals surface area (Å²) in [6.45, 7) is 6.94. The third-order valence-corrected chi connectivity index (χ3v) is 16.3. The minimum atomic E-state index is -0.305. The van der Waals surface area contributed by atoms with Crippen LogP contribution in [-0.2, 0) is 22.6 Å². The Hall–Kier alpha value is -9.02. The summed E-state index contributed by atoms with van der Waals surface area (Å²) in [5, 5.41) is 23.8. The van der Waals surface area contributed by atoms with Crippen LogP contribution in [0.1, 0.15) is 145 Å². The van der Waals surface area contributed by atoms with Crippen LogP contribution >= 0.6 is 0 Å². The van der Waals surface area contributed by atoms with Crippen molar-refractivity contribution in [3.05, 3.63) is 214 Å². The molecule has 12 rings (SSSR count). The third-order valence-electron chi connectivity index (χ3n) is 16.3. The second-order valence-corrected chi connectivity index (χ2v) is 21.6. The molecule has 0 radical (unpaired) electrons. The monoisotopic (exact) mass is 1080 g/mol. The minimum Gasteiger partial charge on any atom is -0.462 e. The van der Waals surface area contributed by atoms with Crippen molar-refractivity contribution in [3.8, 4) is 22.3 Å². The molecule has 82 heavy (non-hydrogen) atoms. The van der Waals surface area contributed by atoms with E-state index in [-0.39, 0.29) is 11.9 Å². The van der Waals surface area contributed by atoms with Gasteiger partial charge < -0.3 is 18.6 Å². The Bertz CT molecular complexity index is 3890. The quantitative estimate of drug-likeness (QED) is 0.0275. The summed E-state index contributed by atoms with van der Waals surface area (Å²) in [5.41, 5.74) is 16.9. The van der Waals surface area contributed by atoms with Gasteiger partial charge in [0.15, 0.2) is 0 Å². The standard InChI is InChI=1S/C72H68N6O4/c1-3-5-43-81-71(79)59-33-23-31-57-67(59)53-27-13-15-29-55(53)69(57)75-73-47-49-37-39-65-61(45-49)51-25-17-19-35-63(51)77(65)41-21-11-9-7-8-10-12-22-42-78-64-36-20-18-26-52(64)62-46-50(38-40-66(62)78)48-74-76-70-56-30-16-14-28-54(56)68-58(70)32-24-34-60(68)72(80)82-44-6-4-2/h13-20,23-40,45-48H,3-12,21-22,41-44H2,1-2H3. The van der Waals surface area contributed by atoms with E-state index in [0.717, 1.165) is 119 Å². The molecule has 0 unspecified atom stereocenters. The average Bonchev–Trinajstić information content (AvgIpc) is 4.44. The van der Waals surface area contributed by atoms with Gasteiger partial charge in [0.2, 0.25) is 0 Å². The second-order valence-electron chi connectivity index (χ2n) is 21.6. The predicted octanol–water partition coefficient (Wildman–Crippen LogP) is 17.3. The molecule has 2 aliphatic carbocycles. The first-order chi connectivity index (χ1) is 40.5. The zero-order valence-corrected chi connectivity index (χ0v) is 47.0. The number of carbonyl (C=O) groups is 2. The number of hydrogen-bond acceptors (Lipinski definition) is 8. The zero-order chi connectivity index (χ0) is 55.8. The van der Waals surface area contributed by atoms with Gasteiger partial charge in [-0.05, 0) is 96.5 Å². The molecule has 0 aliphatic heterocycles. The zero-order valence-electron chi connectivity index (χ0n) is 47.0. The maximum absolute atomic E-state index is 13.2. The van der Waals surface area contributed by atoms with E-state index in [1.807, 2.05) is 97.4 Å². The number of para-hydroxylation sites is 2. The number of ether oxygens (including phenoxy) is 2. The Morgan fingerprint density at radius 2 is 0.768 bits per heavy atom. The number of hydrogen-bond donors (Lipinski definition) is 0. The van der Waals surface area contributed by atoms with Crippen molar-refractivity contribution < 1.29 is 19.1 Å². The highest BCUT2D eigenvalue weighted by Crippen LogP contribution is 2.42. The largest absolute Gasteiger partial charge is 0.462 e. The smallest absolute Gasteiger partial charge is 0.338 e. The van der Waals surface area contributed by atoms with Gasteiger partial charge in [0.1, 0.15) is 11.4 Å². The number of esters is 2. The summed E-state index contributed by atoms with van der Waals surface area (Å²) in [4.78, 5) is 26.4. The molecule has 10 heteroatoms. The van der Waals surface area contributed by atoms with Crippen LogP contribution in [0.2, 0.25) is 0 Å². The van der Waals surface area contributed by atoms with Gasteiger partial charge in [0.25, 0.3) is 0 Å². The molecule has 0 N–H and O–H groups in total. The number of nitrogens with zero attached hydrogens (tertiary/aromatic N) is 6. The molecule has 10 nitrogen and oxygen atoms in total. The Kier molecular flexibility index (Phi) is 16.2. The molecule has 0 saturated heterocycles. The van der Waals surface area contributed by atoms with E-state index in [0.29, 0.717) is 24.3 Å². The van der Waals surface area contributed by atoms with Gasteiger partial charge in [-0.2, -0.15) is 10.2 Å². The molecular formula is C72H68N6O4. The molecule has 2 heterocycles. The highest BCUT2D eigenvalue weighted by atomic mass is 16.5. The molecule has 8 aromatic carbocycles. The van der Waals surface area contributed by atoms with Crippen LogP contribution in [0.4, 0.5) is 0 Å². The lowest BCUT2D eigenvalue weighted by Gasteiger charge is -2.09. The van der Waals surface area contributed by atoms with Crippen molar-refractivity contribution >= 4 is 79.4 Å². The Morgan fingerprint density at radius 3 is 1.21 bits per heavy atom. The molecule has 0 spiro atoms. The van der Waals surface area contributed by atoms with E-state index in [1.165, 1.54) is 82.1 Å². The Balaban J connectivity index is 0.641. The molecule has 10 aromatic rings. The number of fused-ring (bicyclic) bond motifs is 12. The number of aromatic nitrogens is 2. The van der Waals surface area contributed by atoms with Gasteiger partial charge >= 0.3 is 11.9 Å². The first-order valence-corrected chi connectivity index (χ1v) is 29.5. The van der Waals surface area contributed by atoms with E-state index in [1.54, 1.807) is 0 Å². The highest BCUT2D eigenvalue weighted by molar-refractivity contribution is 6.28. The first kappa shape index (κ1) is 53.6. The molecule has 0 saturated carbocycles. The summed E-state index contributed by atoms with van der Waals surface area (Å²) in [6.07, 6.45) is 16.9.